The SMILES string of the molecule is C[C@H](NP(=O)(OC[C@@H]1C=C[C@H](n2cnc3c(NC4CC4)nc(N)nc32)C1)Oc1ccccc1)C(=O)OCC1CCC1. The number of allylic oxidation sites excluding steroid dienone is 1. The van der Waals surface area contributed by atoms with Crippen molar-refractivity contribution >= 4 is 36.6 Å². The van der Waals surface area contributed by atoms with Gasteiger partial charge in [0.05, 0.1) is 25.6 Å². The number of nitrogen functional groups attached to an aromatic ring is 1. The Morgan fingerprint density at radius 3 is 2.68 bits per heavy atom. The summed E-state index contributed by atoms with van der Waals surface area (Å²) in [5.74, 6) is 1.08. The fraction of sp³-hybridized carbons (Fsp3) is 0.500. The van der Waals surface area contributed by atoms with E-state index in [0.717, 1.165) is 32.1 Å². The number of hydrogen-bond acceptors (Lipinski definition) is 10. The molecule has 3 aliphatic rings. The molecule has 12 nitrogen and oxygen atoms in total. The lowest BCUT2D eigenvalue weighted by atomic mass is 9.86. The van der Waals surface area contributed by atoms with Crippen LogP contribution >= 0.6 is 7.75 Å². The topological polar surface area (TPSA) is 156 Å². The molecule has 13 heteroatoms. The number of carbonyl (C=O) groups excluding carboxylic acids is 1. The molecule has 2 aromatic heterocycles. The van der Waals surface area contributed by atoms with E-state index < -0.39 is 19.8 Å². The minimum absolute atomic E-state index is 0.0422. The van der Waals surface area contributed by atoms with Gasteiger partial charge < -0.3 is 24.9 Å². The molecule has 2 fully saturated rings. The van der Waals surface area contributed by atoms with Crippen molar-refractivity contribution in [1.82, 2.24) is 24.6 Å². The van der Waals surface area contributed by atoms with Gasteiger partial charge in [0, 0.05) is 12.0 Å². The number of carbonyl (C=O) groups is 1. The molecule has 3 aromatic rings. The predicted octanol–water partition coefficient (Wildman–Crippen LogP) is 4.63. The van der Waals surface area contributed by atoms with Crippen LogP contribution in [-0.2, 0) is 18.6 Å². The Hall–Kier alpha value is -3.47. The molecule has 0 saturated heterocycles. The summed E-state index contributed by atoms with van der Waals surface area (Å²) in [5, 5.41) is 6.16. The molecule has 0 amide bonds. The summed E-state index contributed by atoms with van der Waals surface area (Å²) in [6.07, 6.45) is 12.0. The summed E-state index contributed by atoms with van der Waals surface area (Å²) in [6.45, 7) is 2.09. The van der Waals surface area contributed by atoms with E-state index in [1.54, 1.807) is 37.5 Å². The highest BCUT2D eigenvalue weighted by atomic mass is 31.2. The quantitative estimate of drug-likeness (QED) is 0.147. The van der Waals surface area contributed by atoms with Crippen LogP contribution in [-0.4, -0.2) is 50.8 Å². The van der Waals surface area contributed by atoms with Crippen LogP contribution in [0.5, 0.6) is 5.75 Å². The number of ether oxygens (including phenoxy) is 1. The first-order valence-electron chi connectivity index (χ1n) is 14.2. The zero-order chi connectivity index (χ0) is 28.4. The number of rotatable bonds is 13. The second-order valence-corrected chi connectivity index (χ2v) is 12.8. The molecule has 0 bridgehead atoms. The molecule has 218 valence electrons. The molecule has 0 aliphatic heterocycles. The number of nitrogens with one attached hydrogen (secondary N) is 2. The van der Waals surface area contributed by atoms with Crippen molar-refractivity contribution in [2.45, 2.75) is 63.6 Å². The minimum atomic E-state index is -3.93. The number of fused-ring (bicyclic) bond motifs is 1. The van der Waals surface area contributed by atoms with Gasteiger partial charge in [-0.2, -0.15) is 15.1 Å². The van der Waals surface area contributed by atoms with E-state index in [1.807, 2.05) is 16.7 Å². The van der Waals surface area contributed by atoms with Crippen LogP contribution in [0, 0.1) is 11.8 Å². The van der Waals surface area contributed by atoms with E-state index in [0.29, 0.717) is 47.7 Å². The lowest BCUT2D eigenvalue weighted by molar-refractivity contribution is -0.147. The first-order chi connectivity index (χ1) is 19.8. The highest BCUT2D eigenvalue weighted by Gasteiger charge is 2.35. The van der Waals surface area contributed by atoms with Gasteiger partial charge >= 0.3 is 13.7 Å². The Bertz CT molecular complexity index is 1460. The summed E-state index contributed by atoms with van der Waals surface area (Å²) in [5.41, 5.74) is 7.35. The number of imidazole rings is 1. The number of benzene rings is 1. The van der Waals surface area contributed by atoms with Gasteiger partial charge in [0.25, 0.3) is 0 Å². The van der Waals surface area contributed by atoms with Crippen molar-refractivity contribution in [2.75, 3.05) is 24.3 Å². The van der Waals surface area contributed by atoms with Crippen LogP contribution in [0.15, 0.2) is 48.8 Å². The zero-order valence-corrected chi connectivity index (χ0v) is 23.9. The number of nitrogens with zero attached hydrogens (tertiary/aromatic N) is 4. The smallest absolute Gasteiger partial charge is 0.459 e. The molecule has 2 saturated carbocycles. The minimum Gasteiger partial charge on any atom is -0.464 e. The lowest BCUT2D eigenvalue weighted by Gasteiger charge is -2.26. The van der Waals surface area contributed by atoms with Crippen LogP contribution in [0.2, 0.25) is 0 Å². The Balaban J connectivity index is 1.10. The standard InChI is InChI=1S/C28H36N7O5P/c1-18(27(36)38-15-19-6-5-7-19)34-41(37,40-23-8-3-2-4-9-23)39-16-20-10-13-22(14-20)35-17-30-24-25(31-21-11-12-21)32-28(29)33-26(24)35/h2-4,8-10,13,17-22H,5-7,11-12,14-16H2,1H3,(H,34,37)(H3,29,31,32,33)/t18-,20+,22-,41?/m0/s1. The Labute approximate surface area is 238 Å². The van der Waals surface area contributed by atoms with Crippen molar-refractivity contribution in [3.8, 4) is 5.75 Å². The van der Waals surface area contributed by atoms with Gasteiger partial charge in [-0.15, -0.1) is 0 Å². The third kappa shape index (κ3) is 6.72. The van der Waals surface area contributed by atoms with E-state index in [2.05, 4.69) is 31.4 Å². The van der Waals surface area contributed by atoms with E-state index >= 15 is 0 Å². The van der Waals surface area contributed by atoms with Gasteiger partial charge in [-0.25, -0.2) is 9.55 Å². The predicted molar refractivity (Wildman–Crippen MR) is 154 cm³/mol. The molecule has 6 rings (SSSR count). The van der Waals surface area contributed by atoms with Gasteiger partial charge in [-0.3, -0.25) is 9.32 Å². The van der Waals surface area contributed by atoms with Crippen molar-refractivity contribution in [2.24, 2.45) is 11.8 Å². The normalized spacial score (nSPS) is 22.7. The molecule has 0 spiro atoms. The number of para-hydroxylation sites is 1. The number of aromatic nitrogens is 4. The largest absolute Gasteiger partial charge is 0.464 e. The van der Waals surface area contributed by atoms with Crippen LogP contribution in [0.1, 0.15) is 51.5 Å². The van der Waals surface area contributed by atoms with E-state index in [1.165, 1.54) is 0 Å². The van der Waals surface area contributed by atoms with Crippen molar-refractivity contribution < 1.29 is 23.1 Å². The summed E-state index contributed by atoms with van der Waals surface area (Å²) >= 11 is 0. The Kier molecular flexibility index (Phi) is 7.96. The highest BCUT2D eigenvalue weighted by molar-refractivity contribution is 7.52. The van der Waals surface area contributed by atoms with Gasteiger partial charge in [0.1, 0.15) is 11.8 Å². The molecule has 3 aliphatic carbocycles. The molecular weight excluding hydrogens is 545 g/mol. The van der Waals surface area contributed by atoms with E-state index in [4.69, 9.17) is 19.5 Å². The van der Waals surface area contributed by atoms with Crippen LogP contribution in [0.4, 0.5) is 11.8 Å². The zero-order valence-electron chi connectivity index (χ0n) is 23.0. The molecular formula is C28H36N7O5P. The maximum atomic E-state index is 13.9. The average molecular weight is 582 g/mol. The van der Waals surface area contributed by atoms with Crippen molar-refractivity contribution in [3.63, 3.8) is 0 Å². The first-order valence-corrected chi connectivity index (χ1v) is 15.8. The molecule has 1 unspecified atom stereocenters. The maximum absolute atomic E-state index is 13.9. The molecule has 1 aromatic carbocycles. The third-order valence-electron chi connectivity index (χ3n) is 7.68. The van der Waals surface area contributed by atoms with Gasteiger partial charge in [0.15, 0.2) is 17.0 Å². The first kappa shape index (κ1) is 27.7. The van der Waals surface area contributed by atoms with Gasteiger partial charge in [-0.1, -0.05) is 36.8 Å². The van der Waals surface area contributed by atoms with Crippen LogP contribution in [0.3, 0.4) is 0 Å². The monoisotopic (exact) mass is 581 g/mol. The second kappa shape index (κ2) is 11.8. The van der Waals surface area contributed by atoms with E-state index in [9.17, 15) is 9.36 Å². The second-order valence-electron chi connectivity index (χ2n) is 11.1. The number of hydrogen-bond donors (Lipinski definition) is 3. The summed E-state index contributed by atoms with van der Waals surface area (Å²) in [4.78, 5) is 26.0. The summed E-state index contributed by atoms with van der Waals surface area (Å²) in [7, 11) is -3.93. The maximum Gasteiger partial charge on any atom is 0.459 e. The van der Waals surface area contributed by atoms with Crippen molar-refractivity contribution in [1.29, 1.82) is 0 Å². The van der Waals surface area contributed by atoms with Gasteiger partial charge in [0.2, 0.25) is 5.95 Å². The van der Waals surface area contributed by atoms with Crippen LogP contribution in [0.25, 0.3) is 11.2 Å². The Morgan fingerprint density at radius 2 is 1.95 bits per heavy atom. The lowest BCUT2D eigenvalue weighted by Crippen LogP contribution is -2.36. The molecule has 4 atom stereocenters. The molecule has 2 heterocycles. The third-order valence-corrected chi connectivity index (χ3v) is 9.33. The fourth-order valence-electron chi connectivity index (χ4n) is 4.96. The molecule has 0 radical (unpaired) electrons. The Morgan fingerprint density at radius 1 is 1.15 bits per heavy atom. The van der Waals surface area contributed by atoms with Crippen LogP contribution < -0.4 is 20.7 Å². The number of esters is 1. The average Bonchev–Trinajstić information content (AvgIpc) is 3.44. The van der Waals surface area contributed by atoms with E-state index in [-0.39, 0.29) is 24.5 Å². The molecule has 4 N–H and O–H groups in total. The van der Waals surface area contributed by atoms with Gasteiger partial charge in [-0.05, 0) is 57.1 Å². The highest BCUT2D eigenvalue weighted by Crippen LogP contribution is 2.46. The number of anilines is 2. The fourth-order valence-corrected chi connectivity index (χ4v) is 6.51. The summed E-state index contributed by atoms with van der Waals surface area (Å²) < 4.78 is 33.0. The van der Waals surface area contributed by atoms with Crippen molar-refractivity contribution in [3.05, 3.63) is 48.8 Å². The number of nitrogens with two attached hydrogens (primary N) is 1. The summed E-state index contributed by atoms with van der Waals surface area (Å²) in [6, 6.07) is 8.24. The molecule has 41 heavy (non-hydrogen) atoms.